The number of benzene rings is 1. The normalized spacial score (nSPS) is 12.1. The van der Waals surface area contributed by atoms with Gasteiger partial charge in [-0.2, -0.15) is 18.3 Å². The number of carbonyl (C=O) groups excluding carboxylic acids is 1. The average molecular weight is 422 g/mol. The first kappa shape index (κ1) is 21.8. The summed E-state index contributed by atoms with van der Waals surface area (Å²) in [6.07, 6.45) is -4.55. The van der Waals surface area contributed by atoms with Crippen LogP contribution in [0.5, 0.6) is 0 Å². The first-order valence-electron chi connectivity index (χ1n) is 9.82. The number of nitrogens with zero attached hydrogens (tertiary/aromatic N) is 5. The smallest absolute Gasteiger partial charge is 0.309 e. The van der Waals surface area contributed by atoms with Crippen molar-refractivity contribution >= 4 is 22.9 Å². The van der Waals surface area contributed by atoms with E-state index in [4.69, 9.17) is 0 Å². The minimum Gasteiger partial charge on any atom is -0.309 e. The van der Waals surface area contributed by atoms with Crippen molar-refractivity contribution < 1.29 is 18.0 Å². The fourth-order valence-corrected chi connectivity index (χ4v) is 3.29. The van der Waals surface area contributed by atoms with Crippen LogP contribution < -0.4 is 5.32 Å². The van der Waals surface area contributed by atoms with Gasteiger partial charge in [0.05, 0.1) is 11.0 Å². The summed E-state index contributed by atoms with van der Waals surface area (Å²) in [5.74, 6) is -0.122. The Kier molecular flexibility index (Phi) is 6.45. The molecule has 0 saturated heterocycles. The van der Waals surface area contributed by atoms with Crippen LogP contribution in [0.25, 0.3) is 11.0 Å². The van der Waals surface area contributed by atoms with Crippen LogP contribution >= 0.6 is 0 Å². The molecule has 162 valence electrons. The molecule has 0 saturated carbocycles. The molecule has 1 amide bonds. The van der Waals surface area contributed by atoms with E-state index in [9.17, 15) is 18.0 Å². The lowest BCUT2D eigenvalue weighted by molar-refractivity contribution is -0.141. The zero-order valence-corrected chi connectivity index (χ0v) is 17.2. The number of hydrogen-bond acceptors (Lipinski definition) is 4. The van der Waals surface area contributed by atoms with Crippen molar-refractivity contribution in [3.05, 3.63) is 41.7 Å². The van der Waals surface area contributed by atoms with Gasteiger partial charge in [-0.3, -0.25) is 14.8 Å². The monoisotopic (exact) mass is 422 g/mol. The fraction of sp³-hybridized carbons (Fsp3) is 0.450. The summed E-state index contributed by atoms with van der Waals surface area (Å²) in [4.78, 5) is 19.3. The van der Waals surface area contributed by atoms with Crippen LogP contribution in [0.4, 0.5) is 19.1 Å². The molecule has 1 N–H and O–H groups in total. The molecule has 0 spiro atoms. The number of rotatable bonds is 8. The average Bonchev–Trinajstić information content (AvgIpc) is 3.23. The number of alkyl halides is 3. The van der Waals surface area contributed by atoms with Crippen molar-refractivity contribution in [3.8, 4) is 0 Å². The molecule has 7 nitrogen and oxygen atoms in total. The predicted octanol–water partition coefficient (Wildman–Crippen LogP) is 3.54. The van der Waals surface area contributed by atoms with E-state index in [1.54, 1.807) is 0 Å². The van der Waals surface area contributed by atoms with Gasteiger partial charge in [-0.25, -0.2) is 4.98 Å². The highest BCUT2D eigenvalue weighted by Gasteiger charge is 2.34. The molecule has 0 aliphatic heterocycles. The first-order chi connectivity index (χ1) is 14.2. The number of imidazole rings is 1. The summed E-state index contributed by atoms with van der Waals surface area (Å²) >= 11 is 0. The molecule has 0 atom stereocenters. The predicted molar refractivity (Wildman–Crippen MR) is 108 cm³/mol. The molecule has 3 aromatic rings. The zero-order valence-electron chi connectivity index (χ0n) is 17.2. The van der Waals surface area contributed by atoms with Crippen molar-refractivity contribution in [2.45, 2.75) is 40.0 Å². The van der Waals surface area contributed by atoms with E-state index in [1.807, 2.05) is 28.8 Å². The van der Waals surface area contributed by atoms with E-state index >= 15 is 0 Å². The number of anilines is 1. The molecule has 3 rings (SSSR count). The van der Waals surface area contributed by atoms with Crippen molar-refractivity contribution in [3.63, 3.8) is 0 Å². The Morgan fingerprint density at radius 2 is 1.90 bits per heavy atom. The second-order valence-electron chi connectivity index (χ2n) is 6.98. The van der Waals surface area contributed by atoms with Gasteiger partial charge < -0.3 is 9.47 Å². The summed E-state index contributed by atoms with van der Waals surface area (Å²) in [6.45, 7) is 8.53. The molecule has 2 heterocycles. The van der Waals surface area contributed by atoms with Crippen molar-refractivity contribution in [1.29, 1.82) is 0 Å². The molecule has 0 aliphatic rings. The van der Waals surface area contributed by atoms with Crippen LogP contribution in [0.3, 0.4) is 0 Å². The van der Waals surface area contributed by atoms with Gasteiger partial charge in [0.1, 0.15) is 6.54 Å². The summed E-state index contributed by atoms with van der Waals surface area (Å²) in [5, 5.41) is 6.24. The van der Waals surface area contributed by atoms with E-state index in [0.29, 0.717) is 12.5 Å². The fourth-order valence-electron chi connectivity index (χ4n) is 3.29. The van der Waals surface area contributed by atoms with Crippen LogP contribution in [0.15, 0.2) is 30.3 Å². The van der Waals surface area contributed by atoms with Gasteiger partial charge in [-0.15, -0.1) is 0 Å². The third kappa shape index (κ3) is 4.81. The molecule has 1 aromatic carbocycles. The van der Waals surface area contributed by atoms with Crippen LogP contribution in [0.1, 0.15) is 25.2 Å². The van der Waals surface area contributed by atoms with Crippen LogP contribution in [-0.4, -0.2) is 49.8 Å². The third-order valence-corrected chi connectivity index (χ3v) is 5.01. The number of hydrogen-bond donors (Lipinski definition) is 1. The highest BCUT2D eigenvalue weighted by Crippen LogP contribution is 2.28. The molecule has 0 fully saturated rings. The maximum atomic E-state index is 12.9. The van der Waals surface area contributed by atoms with Gasteiger partial charge in [0.25, 0.3) is 0 Å². The number of aromatic nitrogens is 4. The van der Waals surface area contributed by atoms with Gasteiger partial charge in [0, 0.05) is 18.8 Å². The largest absolute Gasteiger partial charge is 0.435 e. The molecular weight excluding hydrogens is 397 g/mol. The highest BCUT2D eigenvalue weighted by atomic mass is 19.4. The maximum absolute atomic E-state index is 12.9. The number of fused-ring (bicyclic) bond motifs is 1. The van der Waals surface area contributed by atoms with Gasteiger partial charge in [-0.05, 0) is 38.2 Å². The molecule has 10 heteroatoms. The van der Waals surface area contributed by atoms with Gasteiger partial charge in [0.2, 0.25) is 11.9 Å². The number of aryl methyl sites for hydroxylation is 1. The quantitative estimate of drug-likeness (QED) is 0.603. The Morgan fingerprint density at radius 3 is 2.53 bits per heavy atom. The lowest BCUT2D eigenvalue weighted by atomic mass is 10.3. The molecule has 0 unspecified atom stereocenters. The van der Waals surface area contributed by atoms with Crippen LogP contribution in [0, 0.1) is 6.92 Å². The van der Waals surface area contributed by atoms with E-state index < -0.39 is 17.8 Å². The second-order valence-corrected chi connectivity index (χ2v) is 6.98. The van der Waals surface area contributed by atoms with Crippen molar-refractivity contribution in [2.75, 3.05) is 25.0 Å². The first-order valence-corrected chi connectivity index (χ1v) is 9.82. The Labute approximate surface area is 172 Å². The Morgan fingerprint density at radius 1 is 1.20 bits per heavy atom. The number of carbonyl (C=O) groups is 1. The standard InChI is InChI=1S/C20H25F3N6O/c1-4-27(5-2)10-11-28-16-9-7-6-8-15(16)24-19(28)25-18(30)13-29-14(3)12-17(26-29)20(21,22)23/h6-9,12H,4-5,10-11,13H2,1-3H3,(H,24,25,30). The Hall–Kier alpha value is -2.88. The molecule has 0 bridgehead atoms. The molecule has 0 radical (unpaired) electrons. The Bertz CT molecular complexity index is 1020. The van der Waals surface area contributed by atoms with Gasteiger partial charge >= 0.3 is 6.18 Å². The SMILES string of the molecule is CCN(CC)CCn1c(NC(=O)Cn2nc(C(F)(F)F)cc2C)nc2ccccc21. The topological polar surface area (TPSA) is 68.0 Å². The number of nitrogens with one attached hydrogen (secondary N) is 1. The summed E-state index contributed by atoms with van der Waals surface area (Å²) < 4.78 is 41.5. The number of halogens is 3. The molecule has 2 aromatic heterocycles. The summed E-state index contributed by atoms with van der Waals surface area (Å²) in [6, 6.07) is 8.46. The number of para-hydroxylation sites is 2. The van der Waals surface area contributed by atoms with Crippen LogP contribution in [0.2, 0.25) is 0 Å². The minimum atomic E-state index is -4.55. The highest BCUT2D eigenvalue weighted by molar-refractivity contribution is 5.91. The Balaban J connectivity index is 1.80. The van der Waals surface area contributed by atoms with E-state index in [0.717, 1.165) is 41.4 Å². The van der Waals surface area contributed by atoms with E-state index in [2.05, 4.69) is 34.1 Å². The van der Waals surface area contributed by atoms with Crippen LogP contribution in [-0.2, 0) is 24.1 Å². The second kappa shape index (κ2) is 8.86. The molecular formula is C20H25F3N6O. The third-order valence-electron chi connectivity index (χ3n) is 5.01. The number of likely N-dealkylation sites (N-methyl/N-ethyl adjacent to an activating group) is 1. The van der Waals surface area contributed by atoms with Crippen molar-refractivity contribution in [2.24, 2.45) is 0 Å². The van der Waals surface area contributed by atoms with E-state index in [-0.39, 0.29) is 12.2 Å². The van der Waals surface area contributed by atoms with Crippen molar-refractivity contribution in [1.82, 2.24) is 24.2 Å². The van der Waals surface area contributed by atoms with Gasteiger partial charge in [-0.1, -0.05) is 26.0 Å². The summed E-state index contributed by atoms with van der Waals surface area (Å²) in [7, 11) is 0. The zero-order chi connectivity index (χ0) is 21.9. The van der Waals surface area contributed by atoms with E-state index in [1.165, 1.54) is 6.92 Å². The lowest BCUT2D eigenvalue weighted by Crippen LogP contribution is -2.28. The lowest BCUT2D eigenvalue weighted by Gasteiger charge is -2.19. The summed E-state index contributed by atoms with van der Waals surface area (Å²) in [5.41, 5.74) is 0.864. The molecule has 30 heavy (non-hydrogen) atoms. The van der Waals surface area contributed by atoms with Gasteiger partial charge in [0.15, 0.2) is 5.69 Å². The minimum absolute atomic E-state index is 0.257. The maximum Gasteiger partial charge on any atom is 0.435 e. The number of amides is 1. The molecule has 0 aliphatic carbocycles.